The monoisotopic (exact) mass is 482 g/mol. The van der Waals surface area contributed by atoms with Gasteiger partial charge in [-0.2, -0.15) is 0 Å². The van der Waals surface area contributed by atoms with Crippen LogP contribution in [0.4, 0.5) is 5.13 Å². The van der Waals surface area contributed by atoms with Crippen LogP contribution in [0.2, 0.25) is 0 Å². The minimum Gasteiger partial charge on any atom is -0.507 e. The number of carbonyl (C=O) groups is 2. The van der Waals surface area contributed by atoms with Crippen LogP contribution in [0.25, 0.3) is 16.0 Å². The van der Waals surface area contributed by atoms with E-state index in [-0.39, 0.29) is 17.4 Å². The molecule has 3 heterocycles. The Kier molecular flexibility index (Phi) is 4.96. The number of fused-ring (bicyclic) bond motifs is 2. The number of carbonyl (C=O) groups excluding carboxylic acids is 2. The Morgan fingerprint density at radius 1 is 1.09 bits per heavy atom. The molecule has 1 N–H and O–H groups in total. The highest BCUT2D eigenvalue weighted by Gasteiger charge is 2.48. The van der Waals surface area contributed by atoms with Crippen molar-refractivity contribution in [1.29, 1.82) is 0 Å². The van der Waals surface area contributed by atoms with Crippen molar-refractivity contribution in [1.82, 2.24) is 4.98 Å². The second-order valence-electron chi connectivity index (χ2n) is 9.00. The van der Waals surface area contributed by atoms with Crippen LogP contribution in [0.5, 0.6) is 5.75 Å². The van der Waals surface area contributed by atoms with E-state index >= 15 is 0 Å². The summed E-state index contributed by atoms with van der Waals surface area (Å²) in [6, 6.07) is 19.7. The fraction of sp³-hybridized carbons (Fsp3) is 0.179. The molecule has 1 saturated heterocycles. The molecular weight excluding hydrogens is 460 g/mol. The van der Waals surface area contributed by atoms with E-state index < -0.39 is 17.7 Å². The van der Waals surface area contributed by atoms with Crippen molar-refractivity contribution in [2.75, 3.05) is 4.90 Å². The first-order valence-electron chi connectivity index (χ1n) is 11.4. The zero-order chi connectivity index (χ0) is 24.3. The summed E-state index contributed by atoms with van der Waals surface area (Å²) in [5.41, 5.74) is 4.08. The molecule has 1 aromatic heterocycles. The standard InChI is InChI=1S/C28H22N2O4S/c1-15-8-10-20-22(12-15)35-28(29-20)30-24(17-6-4-3-5-7-17)23(26(32)27(30)33)25(31)18-9-11-21-19(14-18)13-16(2)34-21/h3-12,14,16,24,31H,13H2,1-2H3. The number of Topliss-reactive ketones (excluding diaryl/α,β-unsaturated/α-hetero) is 1. The minimum atomic E-state index is -0.790. The lowest BCUT2D eigenvalue weighted by Crippen LogP contribution is -2.29. The third-order valence-electron chi connectivity index (χ3n) is 6.47. The molecule has 4 aromatic rings. The van der Waals surface area contributed by atoms with Gasteiger partial charge in [0.1, 0.15) is 17.6 Å². The largest absolute Gasteiger partial charge is 0.507 e. The molecule has 174 valence electrons. The number of ketones is 1. The number of aliphatic hydroxyl groups is 1. The number of benzene rings is 3. The highest BCUT2D eigenvalue weighted by Crippen LogP contribution is 2.44. The molecule has 0 saturated carbocycles. The Balaban J connectivity index is 1.53. The quantitative estimate of drug-likeness (QED) is 0.235. The lowest BCUT2D eigenvalue weighted by molar-refractivity contribution is -0.132. The fourth-order valence-electron chi connectivity index (χ4n) is 4.83. The van der Waals surface area contributed by atoms with E-state index in [1.807, 2.05) is 68.4 Å². The molecule has 0 aliphatic carbocycles. The maximum Gasteiger partial charge on any atom is 0.301 e. The van der Waals surface area contributed by atoms with Crippen molar-refractivity contribution in [3.8, 4) is 5.75 Å². The van der Waals surface area contributed by atoms with E-state index in [0.29, 0.717) is 10.7 Å². The van der Waals surface area contributed by atoms with Gasteiger partial charge in [-0.05, 0) is 60.9 Å². The van der Waals surface area contributed by atoms with Gasteiger partial charge in [0.05, 0.1) is 21.8 Å². The second-order valence-corrected chi connectivity index (χ2v) is 10.0. The fourth-order valence-corrected chi connectivity index (χ4v) is 5.92. The summed E-state index contributed by atoms with van der Waals surface area (Å²) in [6.07, 6.45) is 0.776. The van der Waals surface area contributed by atoms with Crippen LogP contribution in [0, 0.1) is 6.92 Å². The van der Waals surface area contributed by atoms with Crippen molar-refractivity contribution < 1.29 is 19.4 Å². The Labute approximate surface area is 206 Å². The number of ether oxygens (including phenoxy) is 1. The van der Waals surface area contributed by atoms with Crippen LogP contribution >= 0.6 is 11.3 Å². The van der Waals surface area contributed by atoms with Crippen molar-refractivity contribution in [3.63, 3.8) is 0 Å². The van der Waals surface area contributed by atoms with Gasteiger partial charge in [0.15, 0.2) is 5.13 Å². The summed E-state index contributed by atoms with van der Waals surface area (Å²) < 4.78 is 6.71. The number of hydrogen-bond acceptors (Lipinski definition) is 6. The number of amides is 1. The summed E-state index contributed by atoms with van der Waals surface area (Å²) in [4.78, 5) is 32.9. The zero-order valence-corrected chi connectivity index (χ0v) is 20.0. The Bertz CT molecular complexity index is 1540. The number of aromatic nitrogens is 1. The molecule has 2 aliphatic heterocycles. The molecule has 1 fully saturated rings. The molecule has 2 unspecified atom stereocenters. The van der Waals surface area contributed by atoms with Crippen LogP contribution in [0.1, 0.15) is 35.2 Å². The van der Waals surface area contributed by atoms with Gasteiger partial charge >= 0.3 is 5.91 Å². The van der Waals surface area contributed by atoms with Gasteiger partial charge in [0.25, 0.3) is 5.78 Å². The number of aryl methyl sites for hydroxylation is 1. The summed E-state index contributed by atoms with van der Waals surface area (Å²) >= 11 is 1.36. The number of aliphatic hydroxyl groups excluding tert-OH is 1. The number of anilines is 1. The van der Waals surface area contributed by atoms with E-state index in [4.69, 9.17) is 4.74 Å². The van der Waals surface area contributed by atoms with Crippen molar-refractivity contribution in [2.45, 2.75) is 32.4 Å². The highest BCUT2D eigenvalue weighted by molar-refractivity contribution is 7.22. The maximum atomic E-state index is 13.4. The summed E-state index contributed by atoms with van der Waals surface area (Å²) in [7, 11) is 0. The Hall–Kier alpha value is -3.97. The maximum absolute atomic E-state index is 13.4. The predicted molar refractivity (Wildman–Crippen MR) is 136 cm³/mol. The van der Waals surface area contributed by atoms with Crippen LogP contribution in [-0.2, 0) is 16.0 Å². The van der Waals surface area contributed by atoms with E-state index in [1.165, 1.54) is 16.2 Å². The third-order valence-corrected chi connectivity index (χ3v) is 7.49. The zero-order valence-electron chi connectivity index (χ0n) is 19.2. The molecule has 6 rings (SSSR count). The van der Waals surface area contributed by atoms with E-state index in [9.17, 15) is 14.7 Å². The van der Waals surface area contributed by atoms with Gasteiger partial charge in [-0.25, -0.2) is 4.98 Å². The predicted octanol–water partition coefficient (Wildman–Crippen LogP) is 5.55. The lowest BCUT2D eigenvalue weighted by atomic mass is 9.94. The van der Waals surface area contributed by atoms with E-state index in [2.05, 4.69) is 4.98 Å². The SMILES string of the molecule is Cc1ccc2nc(N3C(=O)C(=O)C(=C(O)c4ccc5c(c4)CC(C)O5)C3c3ccccc3)sc2c1. The summed E-state index contributed by atoms with van der Waals surface area (Å²) in [6.45, 7) is 3.98. The van der Waals surface area contributed by atoms with Crippen molar-refractivity contribution in [3.05, 3.63) is 94.6 Å². The first-order valence-corrected chi connectivity index (χ1v) is 12.3. The second kappa shape index (κ2) is 8.06. The first kappa shape index (κ1) is 21.6. The van der Waals surface area contributed by atoms with Gasteiger partial charge in [-0.3, -0.25) is 14.5 Å². The molecular formula is C28H22N2O4S. The molecule has 35 heavy (non-hydrogen) atoms. The summed E-state index contributed by atoms with van der Waals surface area (Å²) in [5.74, 6) is -0.843. The van der Waals surface area contributed by atoms with Gasteiger partial charge < -0.3 is 9.84 Å². The Morgan fingerprint density at radius 3 is 2.69 bits per heavy atom. The third kappa shape index (κ3) is 3.51. The molecule has 6 nitrogen and oxygen atoms in total. The number of thiazole rings is 1. The molecule has 0 bridgehead atoms. The molecule has 0 radical (unpaired) electrons. The Morgan fingerprint density at radius 2 is 1.89 bits per heavy atom. The van der Waals surface area contributed by atoms with Crippen LogP contribution < -0.4 is 9.64 Å². The number of nitrogens with zero attached hydrogens (tertiary/aromatic N) is 2. The van der Waals surface area contributed by atoms with Crippen molar-refractivity contribution in [2.24, 2.45) is 0 Å². The minimum absolute atomic E-state index is 0.0555. The topological polar surface area (TPSA) is 79.7 Å². The van der Waals surface area contributed by atoms with Crippen LogP contribution in [0.3, 0.4) is 0 Å². The molecule has 0 spiro atoms. The molecule has 7 heteroatoms. The molecule has 2 aliphatic rings. The smallest absolute Gasteiger partial charge is 0.301 e. The lowest BCUT2D eigenvalue weighted by Gasteiger charge is -2.23. The van der Waals surface area contributed by atoms with Crippen LogP contribution in [0.15, 0.2) is 72.3 Å². The van der Waals surface area contributed by atoms with Gasteiger partial charge in [-0.1, -0.05) is 47.7 Å². The molecule has 1 amide bonds. The average Bonchev–Trinajstić information content (AvgIpc) is 3.51. The van der Waals surface area contributed by atoms with Gasteiger partial charge in [0.2, 0.25) is 0 Å². The molecule has 3 aromatic carbocycles. The van der Waals surface area contributed by atoms with Crippen molar-refractivity contribution >= 4 is 44.1 Å². The molecule has 2 atom stereocenters. The average molecular weight is 483 g/mol. The number of rotatable bonds is 3. The van der Waals surface area contributed by atoms with Crippen LogP contribution in [-0.4, -0.2) is 27.9 Å². The normalized spacial score (nSPS) is 20.9. The van der Waals surface area contributed by atoms with E-state index in [1.54, 1.807) is 12.1 Å². The first-order chi connectivity index (χ1) is 16.9. The summed E-state index contributed by atoms with van der Waals surface area (Å²) in [5, 5.41) is 11.8. The van der Waals surface area contributed by atoms with E-state index in [0.717, 1.165) is 39.1 Å². The highest BCUT2D eigenvalue weighted by atomic mass is 32.1. The number of hydrogen-bond donors (Lipinski definition) is 1. The van der Waals surface area contributed by atoms with Gasteiger partial charge in [-0.15, -0.1) is 0 Å². The van der Waals surface area contributed by atoms with Gasteiger partial charge in [0, 0.05) is 12.0 Å².